The van der Waals surface area contributed by atoms with Crippen LogP contribution in [0.25, 0.3) is 0 Å². The molecular formula is C15H17FN2O2S. The van der Waals surface area contributed by atoms with Crippen LogP contribution in [-0.2, 0) is 10.0 Å². The van der Waals surface area contributed by atoms with E-state index in [-0.39, 0.29) is 10.6 Å². The third-order valence-electron chi connectivity index (χ3n) is 3.30. The van der Waals surface area contributed by atoms with E-state index in [2.05, 4.69) is 4.72 Å². The molecule has 0 spiro atoms. The van der Waals surface area contributed by atoms with Crippen LogP contribution in [0.1, 0.15) is 16.7 Å². The molecule has 21 heavy (non-hydrogen) atoms. The SMILES string of the molecule is Cc1ccc(NS(=O)(=O)c2cc(N)cc(C)c2C)c(F)c1. The molecule has 0 amide bonds. The van der Waals surface area contributed by atoms with E-state index in [0.717, 1.165) is 5.56 Å². The van der Waals surface area contributed by atoms with Gasteiger partial charge in [0.25, 0.3) is 10.0 Å². The van der Waals surface area contributed by atoms with Gasteiger partial charge < -0.3 is 5.73 Å². The number of nitrogen functional groups attached to an aromatic ring is 1. The van der Waals surface area contributed by atoms with Crippen molar-refractivity contribution < 1.29 is 12.8 Å². The maximum absolute atomic E-state index is 13.8. The van der Waals surface area contributed by atoms with Crippen molar-refractivity contribution in [3.05, 3.63) is 52.8 Å². The molecule has 2 rings (SSSR count). The van der Waals surface area contributed by atoms with Crippen LogP contribution in [0.4, 0.5) is 15.8 Å². The molecule has 0 heterocycles. The van der Waals surface area contributed by atoms with Crippen LogP contribution in [-0.4, -0.2) is 8.42 Å². The number of rotatable bonds is 3. The van der Waals surface area contributed by atoms with Gasteiger partial charge in [0.2, 0.25) is 0 Å². The fraction of sp³-hybridized carbons (Fsp3) is 0.200. The summed E-state index contributed by atoms with van der Waals surface area (Å²) in [6, 6.07) is 7.38. The summed E-state index contributed by atoms with van der Waals surface area (Å²) in [6.07, 6.45) is 0. The standard InChI is InChI=1S/C15H17FN2O2S/c1-9-4-5-14(13(16)6-9)18-21(19,20)15-8-12(17)7-10(2)11(15)3/h4-8,18H,17H2,1-3H3. The van der Waals surface area contributed by atoms with Crippen molar-refractivity contribution in [2.24, 2.45) is 0 Å². The number of hydrogen-bond donors (Lipinski definition) is 2. The van der Waals surface area contributed by atoms with Crippen LogP contribution >= 0.6 is 0 Å². The Hall–Kier alpha value is -2.08. The number of nitrogens with one attached hydrogen (secondary N) is 1. The average molecular weight is 308 g/mol. The van der Waals surface area contributed by atoms with Crippen LogP contribution in [0.5, 0.6) is 0 Å². The lowest BCUT2D eigenvalue weighted by molar-refractivity contribution is 0.598. The highest BCUT2D eigenvalue weighted by Crippen LogP contribution is 2.25. The summed E-state index contributed by atoms with van der Waals surface area (Å²) in [5.41, 5.74) is 8.03. The summed E-state index contributed by atoms with van der Waals surface area (Å²) in [5, 5.41) is 0. The molecular weight excluding hydrogens is 291 g/mol. The predicted octanol–water partition coefficient (Wildman–Crippen LogP) is 3.13. The van der Waals surface area contributed by atoms with E-state index < -0.39 is 15.8 Å². The van der Waals surface area contributed by atoms with E-state index in [1.165, 1.54) is 18.2 Å². The summed E-state index contributed by atoms with van der Waals surface area (Å²) in [7, 11) is -3.89. The van der Waals surface area contributed by atoms with E-state index in [1.807, 2.05) is 0 Å². The summed E-state index contributed by atoms with van der Waals surface area (Å²) in [4.78, 5) is 0.0555. The van der Waals surface area contributed by atoms with Crippen LogP contribution in [0.15, 0.2) is 35.2 Å². The van der Waals surface area contributed by atoms with Gasteiger partial charge in [0.05, 0.1) is 10.6 Å². The van der Waals surface area contributed by atoms with Crippen LogP contribution in [0, 0.1) is 26.6 Å². The Balaban J connectivity index is 2.48. The lowest BCUT2D eigenvalue weighted by Crippen LogP contribution is -2.16. The first-order valence-electron chi connectivity index (χ1n) is 6.36. The van der Waals surface area contributed by atoms with E-state index in [0.29, 0.717) is 16.8 Å². The molecule has 6 heteroatoms. The Labute approximate surface area is 123 Å². The zero-order valence-electron chi connectivity index (χ0n) is 12.1. The number of anilines is 2. The molecule has 0 aliphatic rings. The second-order valence-electron chi connectivity index (χ2n) is 5.05. The molecule has 0 unspecified atom stereocenters. The van der Waals surface area contributed by atoms with Gasteiger partial charge >= 0.3 is 0 Å². The Morgan fingerprint density at radius 2 is 1.76 bits per heavy atom. The van der Waals surface area contributed by atoms with Crippen LogP contribution < -0.4 is 10.5 Å². The molecule has 0 atom stereocenters. The first-order chi connectivity index (χ1) is 9.70. The van der Waals surface area contributed by atoms with E-state index in [4.69, 9.17) is 5.73 Å². The third kappa shape index (κ3) is 3.16. The van der Waals surface area contributed by atoms with Gasteiger partial charge in [-0.1, -0.05) is 6.07 Å². The molecule has 0 radical (unpaired) electrons. The van der Waals surface area contributed by atoms with Crippen molar-refractivity contribution in [3.63, 3.8) is 0 Å². The second kappa shape index (κ2) is 5.37. The average Bonchev–Trinajstić information content (AvgIpc) is 2.37. The number of aryl methyl sites for hydroxylation is 2. The first-order valence-corrected chi connectivity index (χ1v) is 7.85. The van der Waals surface area contributed by atoms with Gasteiger partial charge in [-0.15, -0.1) is 0 Å². The van der Waals surface area contributed by atoms with Gasteiger partial charge in [-0.25, -0.2) is 12.8 Å². The van der Waals surface area contributed by atoms with Crippen molar-refractivity contribution in [1.82, 2.24) is 0 Å². The Morgan fingerprint density at radius 3 is 2.38 bits per heavy atom. The summed E-state index contributed by atoms with van der Waals surface area (Å²) in [5.74, 6) is -0.614. The molecule has 4 nitrogen and oxygen atoms in total. The maximum atomic E-state index is 13.8. The van der Waals surface area contributed by atoms with E-state index in [1.54, 1.807) is 32.9 Å². The third-order valence-corrected chi connectivity index (χ3v) is 4.79. The van der Waals surface area contributed by atoms with Crippen molar-refractivity contribution >= 4 is 21.4 Å². The van der Waals surface area contributed by atoms with Gasteiger partial charge in [0.1, 0.15) is 5.82 Å². The molecule has 112 valence electrons. The quantitative estimate of drug-likeness (QED) is 0.856. The largest absolute Gasteiger partial charge is 0.399 e. The Morgan fingerprint density at radius 1 is 1.10 bits per heavy atom. The lowest BCUT2D eigenvalue weighted by Gasteiger charge is -2.13. The van der Waals surface area contributed by atoms with Gasteiger partial charge in [-0.2, -0.15) is 0 Å². The second-order valence-corrected chi connectivity index (χ2v) is 6.70. The van der Waals surface area contributed by atoms with Crippen molar-refractivity contribution in [3.8, 4) is 0 Å². The number of hydrogen-bond acceptors (Lipinski definition) is 3. The van der Waals surface area contributed by atoms with E-state index >= 15 is 0 Å². The molecule has 0 saturated carbocycles. The molecule has 0 aliphatic heterocycles. The lowest BCUT2D eigenvalue weighted by atomic mass is 10.1. The minimum Gasteiger partial charge on any atom is -0.399 e. The number of sulfonamides is 1. The molecule has 0 aliphatic carbocycles. The summed E-state index contributed by atoms with van der Waals surface area (Å²) < 4.78 is 40.9. The zero-order valence-corrected chi connectivity index (χ0v) is 12.9. The van der Waals surface area contributed by atoms with E-state index in [9.17, 15) is 12.8 Å². The topological polar surface area (TPSA) is 72.2 Å². The van der Waals surface area contributed by atoms with Crippen molar-refractivity contribution in [2.75, 3.05) is 10.5 Å². The first kappa shape index (κ1) is 15.3. The number of nitrogens with two attached hydrogens (primary N) is 1. The zero-order chi connectivity index (χ0) is 15.8. The fourth-order valence-corrected chi connectivity index (χ4v) is 3.46. The number of halogens is 1. The van der Waals surface area contributed by atoms with Gasteiger partial charge in [0, 0.05) is 5.69 Å². The molecule has 2 aromatic rings. The van der Waals surface area contributed by atoms with Gasteiger partial charge in [-0.3, -0.25) is 4.72 Å². The minimum absolute atomic E-state index is 0.0555. The molecule has 3 N–H and O–H groups in total. The summed E-state index contributed by atoms with van der Waals surface area (Å²) >= 11 is 0. The molecule has 0 aromatic heterocycles. The summed E-state index contributed by atoms with van der Waals surface area (Å²) in [6.45, 7) is 5.19. The molecule has 0 fully saturated rings. The normalized spacial score (nSPS) is 11.4. The van der Waals surface area contributed by atoms with Gasteiger partial charge in [0.15, 0.2) is 0 Å². The fourth-order valence-electron chi connectivity index (χ4n) is 2.04. The Kier molecular flexibility index (Phi) is 3.91. The minimum atomic E-state index is -3.89. The predicted molar refractivity (Wildman–Crippen MR) is 82.3 cm³/mol. The smallest absolute Gasteiger partial charge is 0.262 e. The van der Waals surface area contributed by atoms with Crippen molar-refractivity contribution in [1.29, 1.82) is 0 Å². The molecule has 0 bridgehead atoms. The van der Waals surface area contributed by atoms with Crippen molar-refractivity contribution in [2.45, 2.75) is 25.7 Å². The monoisotopic (exact) mass is 308 g/mol. The highest BCUT2D eigenvalue weighted by atomic mass is 32.2. The van der Waals surface area contributed by atoms with Gasteiger partial charge in [-0.05, 0) is 61.7 Å². The highest BCUT2D eigenvalue weighted by Gasteiger charge is 2.20. The number of benzene rings is 2. The highest BCUT2D eigenvalue weighted by molar-refractivity contribution is 7.92. The molecule has 0 saturated heterocycles. The Bertz CT molecular complexity index is 802. The van der Waals surface area contributed by atoms with Crippen LogP contribution in [0.3, 0.4) is 0 Å². The van der Waals surface area contributed by atoms with Crippen LogP contribution in [0.2, 0.25) is 0 Å². The molecule has 2 aromatic carbocycles. The maximum Gasteiger partial charge on any atom is 0.262 e.